The number of benzene rings is 1. The van der Waals surface area contributed by atoms with Gasteiger partial charge in [0.25, 0.3) is 0 Å². The van der Waals surface area contributed by atoms with Crippen LogP contribution in [0.5, 0.6) is 0 Å². The van der Waals surface area contributed by atoms with Crippen LogP contribution >= 0.6 is 0 Å². The summed E-state index contributed by atoms with van der Waals surface area (Å²) >= 11 is 0. The van der Waals surface area contributed by atoms with E-state index in [0.29, 0.717) is 12.1 Å². The van der Waals surface area contributed by atoms with Crippen LogP contribution < -0.4 is 10.6 Å². The van der Waals surface area contributed by atoms with Crippen LogP contribution in [0, 0.1) is 11.3 Å². The third-order valence-electron chi connectivity index (χ3n) is 3.05. The third kappa shape index (κ3) is 3.04. The van der Waals surface area contributed by atoms with Gasteiger partial charge in [0.15, 0.2) is 0 Å². The van der Waals surface area contributed by atoms with Gasteiger partial charge in [-0.3, -0.25) is 0 Å². The molecule has 2 N–H and O–H groups in total. The van der Waals surface area contributed by atoms with Crippen molar-refractivity contribution in [2.45, 2.75) is 19.9 Å². The van der Waals surface area contributed by atoms with E-state index in [1.54, 1.807) is 12.4 Å². The molecule has 0 fully saturated rings. The van der Waals surface area contributed by atoms with E-state index in [1.807, 2.05) is 25.2 Å². The summed E-state index contributed by atoms with van der Waals surface area (Å²) in [5.74, 6) is 1.67. The Balaban J connectivity index is 2.16. The minimum Gasteiger partial charge on any atom is -0.373 e. The fraction of sp³-hybridized carbons (Fsp3) is 0.267. The molecule has 0 aliphatic heterocycles. The summed E-state index contributed by atoms with van der Waals surface area (Å²) < 4.78 is 0. The summed E-state index contributed by atoms with van der Waals surface area (Å²) in [6.45, 7) is 2.70. The van der Waals surface area contributed by atoms with Crippen LogP contribution in [-0.2, 0) is 13.0 Å². The molecule has 0 aliphatic carbocycles. The molecule has 0 amide bonds. The standard InChI is InChI=1S/C15H17N5/c1-3-13-14(17-2)19-10-20-15(13)18-9-12-6-4-5-11(7-12)8-16/h4-7,10H,3,9H2,1-2H3,(H2,17,18,19,20). The summed E-state index contributed by atoms with van der Waals surface area (Å²) in [5, 5.41) is 15.3. The van der Waals surface area contributed by atoms with Crippen LogP contribution in [0.25, 0.3) is 0 Å². The van der Waals surface area contributed by atoms with Crippen LogP contribution in [0.15, 0.2) is 30.6 Å². The molecule has 0 saturated carbocycles. The number of nitriles is 1. The lowest BCUT2D eigenvalue weighted by atomic mass is 10.1. The fourth-order valence-electron chi connectivity index (χ4n) is 2.05. The van der Waals surface area contributed by atoms with E-state index in [2.05, 4.69) is 33.6 Å². The molecule has 0 bridgehead atoms. The Morgan fingerprint density at radius 1 is 1.25 bits per heavy atom. The van der Waals surface area contributed by atoms with Gasteiger partial charge in [-0.1, -0.05) is 19.1 Å². The van der Waals surface area contributed by atoms with E-state index in [4.69, 9.17) is 5.26 Å². The number of nitrogens with zero attached hydrogens (tertiary/aromatic N) is 3. The van der Waals surface area contributed by atoms with E-state index in [0.717, 1.165) is 29.2 Å². The number of hydrogen-bond acceptors (Lipinski definition) is 5. The fourth-order valence-corrected chi connectivity index (χ4v) is 2.05. The van der Waals surface area contributed by atoms with Crippen LogP contribution in [0.1, 0.15) is 23.6 Å². The molecule has 0 unspecified atom stereocenters. The molecule has 1 aromatic heterocycles. The Labute approximate surface area is 118 Å². The Hall–Kier alpha value is -2.61. The van der Waals surface area contributed by atoms with Gasteiger partial charge in [-0.2, -0.15) is 5.26 Å². The summed E-state index contributed by atoms with van der Waals surface area (Å²) in [5.41, 5.74) is 2.78. The van der Waals surface area contributed by atoms with Crippen molar-refractivity contribution < 1.29 is 0 Å². The van der Waals surface area contributed by atoms with Crippen molar-refractivity contribution in [3.05, 3.63) is 47.3 Å². The third-order valence-corrected chi connectivity index (χ3v) is 3.05. The molecule has 0 aliphatic rings. The van der Waals surface area contributed by atoms with E-state index in [-0.39, 0.29) is 0 Å². The number of aromatic nitrogens is 2. The molecular formula is C15H17N5. The maximum Gasteiger partial charge on any atom is 0.134 e. The Morgan fingerprint density at radius 3 is 2.75 bits per heavy atom. The number of hydrogen-bond donors (Lipinski definition) is 2. The topological polar surface area (TPSA) is 73.6 Å². The van der Waals surface area contributed by atoms with E-state index in [9.17, 15) is 0 Å². The Morgan fingerprint density at radius 2 is 2.05 bits per heavy atom. The van der Waals surface area contributed by atoms with Gasteiger partial charge >= 0.3 is 0 Å². The molecule has 20 heavy (non-hydrogen) atoms. The van der Waals surface area contributed by atoms with E-state index < -0.39 is 0 Å². The summed E-state index contributed by atoms with van der Waals surface area (Å²) in [7, 11) is 1.85. The first kappa shape index (κ1) is 13.8. The van der Waals surface area contributed by atoms with Crippen molar-refractivity contribution in [1.29, 1.82) is 5.26 Å². The molecule has 5 heteroatoms. The molecule has 0 spiro atoms. The number of anilines is 2. The van der Waals surface area contributed by atoms with Crippen LogP contribution in [0.3, 0.4) is 0 Å². The van der Waals surface area contributed by atoms with Crippen molar-refractivity contribution in [2.75, 3.05) is 17.7 Å². The Kier molecular flexibility index (Phi) is 4.51. The minimum atomic E-state index is 0.628. The van der Waals surface area contributed by atoms with Crippen molar-refractivity contribution in [1.82, 2.24) is 9.97 Å². The number of nitrogens with one attached hydrogen (secondary N) is 2. The van der Waals surface area contributed by atoms with Crippen molar-refractivity contribution >= 4 is 11.6 Å². The Bertz CT molecular complexity index is 630. The zero-order valence-electron chi connectivity index (χ0n) is 11.6. The lowest BCUT2D eigenvalue weighted by Crippen LogP contribution is -2.08. The zero-order valence-corrected chi connectivity index (χ0v) is 11.6. The zero-order chi connectivity index (χ0) is 14.4. The highest BCUT2D eigenvalue weighted by Gasteiger charge is 2.08. The second kappa shape index (κ2) is 6.53. The summed E-state index contributed by atoms with van der Waals surface area (Å²) in [6.07, 6.45) is 2.39. The van der Waals surface area contributed by atoms with Gasteiger partial charge in [0.1, 0.15) is 18.0 Å². The van der Waals surface area contributed by atoms with Crippen LogP contribution in [0.2, 0.25) is 0 Å². The highest BCUT2D eigenvalue weighted by Crippen LogP contribution is 2.20. The van der Waals surface area contributed by atoms with Gasteiger partial charge < -0.3 is 10.6 Å². The average molecular weight is 267 g/mol. The molecule has 0 atom stereocenters. The first-order valence-corrected chi connectivity index (χ1v) is 6.53. The predicted molar refractivity (Wildman–Crippen MR) is 79.4 cm³/mol. The highest BCUT2D eigenvalue weighted by molar-refractivity contribution is 5.57. The molecule has 2 rings (SSSR count). The van der Waals surface area contributed by atoms with E-state index in [1.165, 1.54) is 0 Å². The van der Waals surface area contributed by atoms with E-state index >= 15 is 0 Å². The quantitative estimate of drug-likeness (QED) is 0.871. The highest BCUT2D eigenvalue weighted by atomic mass is 15.1. The summed E-state index contributed by atoms with van der Waals surface area (Å²) in [6, 6.07) is 9.68. The van der Waals surface area contributed by atoms with Gasteiger partial charge in [-0.15, -0.1) is 0 Å². The molecule has 0 saturated heterocycles. The lowest BCUT2D eigenvalue weighted by Gasteiger charge is -2.12. The van der Waals surface area contributed by atoms with Gasteiger partial charge in [0.2, 0.25) is 0 Å². The molecule has 1 aromatic carbocycles. The molecule has 0 radical (unpaired) electrons. The van der Waals surface area contributed by atoms with Crippen LogP contribution in [-0.4, -0.2) is 17.0 Å². The minimum absolute atomic E-state index is 0.628. The normalized spacial score (nSPS) is 9.85. The predicted octanol–water partition coefficient (Wildman–Crippen LogP) is 2.56. The van der Waals surface area contributed by atoms with Crippen LogP contribution in [0.4, 0.5) is 11.6 Å². The maximum absolute atomic E-state index is 8.90. The van der Waals surface area contributed by atoms with Crippen molar-refractivity contribution in [3.63, 3.8) is 0 Å². The molecule has 1 heterocycles. The lowest BCUT2D eigenvalue weighted by molar-refractivity contribution is 1.01. The van der Waals surface area contributed by atoms with Gasteiger partial charge in [-0.25, -0.2) is 9.97 Å². The SMILES string of the molecule is CCc1c(NC)ncnc1NCc1cccc(C#N)c1. The molecule has 102 valence electrons. The average Bonchev–Trinajstić information content (AvgIpc) is 2.52. The smallest absolute Gasteiger partial charge is 0.134 e. The second-order valence-corrected chi connectivity index (χ2v) is 4.32. The second-order valence-electron chi connectivity index (χ2n) is 4.32. The maximum atomic E-state index is 8.90. The first-order valence-electron chi connectivity index (χ1n) is 6.53. The van der Waals surface area contributed by atoms with Gasteiger partial charge in [0.05, 0.1) is 11.6 Å². The molecule has 2 aromatic rings. The molecular weight excluding hydrogens is 250 g/mol. The van der Waals surface area contributed by atoms with Crippen molar-refractivity contribution in [3.8, 4) is 6.07 Å². The first-order chi connectivity index (χ1) is 9.78. The van der Waals surface area contributed by atoms with Gasteiger partial charge in [-0.05, 0) is 24.1 Å². The number of rotatable bonds is 5. The van der Waals surface area contributed by atoms with Crippen molar-refractivity contribution in [2.24, 2.45) is 0 Å². The summed E-state index contributed by atoms with van der Waals surface area (Å²) in [4.78, 5) is 8.49. The molecule has 5 nitrogen and oxygen atoms in total. The monoisotopic (exact) mass is 267 g/mol. The largest absolute Gasteiger partial charge is 0.373 e. The van der Waals surface area contributed by atoms with Gasteiger partial charge in [0, 0.05) is 19.2 Å².